The standard InChI is InChI=1S/C24H21FN6O3/c1-2-19(32)30-12-11-14(13-30)21-20-22(23(26)27-28-24(20)33)31(29-21)15-7-9-16(10-8-15)34-18-6-4-3-5-17(18)25/h2-10,14H,1,11-13H2,(H2,26,27)(H,28,33)/t14-/m0/s1. The summed E-state index contributed by atoms with van der Waals surface area (Å²) in [5, 5.41) is 11.4. The van der Waals surface area contributed by atoms with E-state index in [1.54, 1.807) is 46.0 Å². The van der Waals surface area contributed by atoms with Crippen molar-refractivity contribution in [2.75, 3.05) is 18.8 Å². The minimum absolute atomic E-state index is 0.113. The molecule has 5 rings (SSSR count). The Morgan fingerprint density at radius 1 is 1.24 bits per heavy atom. The van der Waals surface area contributed by atoms with Crippen LogP contribution < -0.4 is 16.0 Å². The lowest BCUT2D eigenvalue weighted by molar-refractivity contribution is -0.125. The minimum Gasteiger partial charge on any atom is -0.454 e. The number of nitrogen functional groups attached to an aromatic ring is 1. The van der Waals surface area contributed by atoms with Gasteiger partial charge in [-0.25, -0.2) is 14.2 Å². The van der Waals surface area contributed by atoms with Crippen molar-refractivity contribution < 1.29 is 13.9 Å². The van der Waals surface area contributed by atoms with Crippen LogP contribution in [0.5, 0.6) is 11.5 Å². The molecule has 1 fully saturated rings. The van der Waals surface area contributed by atoms with Crippen molar-refractivity contribution in [1.82, 2.24) is 24.9 Å². The molecule has 3 heterocycles. The number of para-hydroxylation sites is 1. The third-order valence-corrected chi connectivity index (χ3v) is 5.87. The highest BCUT2D eigenvalue weighted by molar-refractivity contribution is 5.91. The third-order valence-electron chi connectivity index (χ3n) is 5.87. The summed E-state index contributed by atoms with van der Waals surface area (Å²) < 4.78 is 21.1. The Balaban J connectivity index is 1.53. The Kier molecular flexibility index (Phi) is 5.33. The molecule has 1 atom stereocenters. The summed E-state index contributed by atoms with van der Waals surface area (Å²) in [6.07, 6.45) is 1.93. The number of nitrogens with zero attached hydrogens (tertiary/aromatic N) is 4. The first-order chi connectivity index (χ1) is 16.5. The Morgan fingerprint density at radius 2 is 2.00 bits per heavy atom. The van der Waals surface area contributed by atoms with Crippen molar-refractivity contribution in [3.8, 4) is 17.2 Å². The summed E-state index contributed by atoms with van der Waals surface area (Å²) in [6.45, 7) is 4.51. The first-order valence-electron chi connectivity index (χ1n) is 10.7. The molecule has 9 nitrogen and oxygen atoms in total. The lowest BCUT2D eigenvalue weighted by atomic mass is 10.0. The lowest BCUT2D eigenvalue weighted by Gasteiger charge is -2.13. The van der Waals surface area contributed by atoms with Gasteiger partial charge in [-0.05, 0) is 48.9 Å². The number of ether oxygens (including phenoxy) is 1. The first kappa shape index (κ1) is 21.4. The molecule has 2 aromatic heterocycles. The number of H-pyrrole nitrogens is 1. The fourth-order valence-corrected chi connectivity index (χ4v) is 4.21. The number of carbonyl (C=O) groups excluding carboxylic acids is 1. The number of amides is 1. The molecule has 0 radical (unpaired) electrons. The second-order valence-corrected chi connectivity index (χ2v) is 7.96. The lowest BCUT2D eigenvalue weighted by Crippen LogP contribution is -2.26. The second-order valence-electron chi connectivity index (χ2n) is 7.96. The Bertz CT molecular complexity index is 1460. The van der Waals surface area contributed by atoms with Gasteiger partial charge in [-0.15, -0.1) is 0 Å². The van der Waals surface area contributed by atoms with Gasteiger partial charge >= 0.3 is 0 Å². The summed E-state index contributed by atoms with van der Waals surface area (Å²) in [6, 6.07) is 12.9. The van der Waals surface area contributed by atoms with E-state index in [0.29, 0.717) is 47.5 Å². The number of carbonyl (C=O) groups is 1. The highest BCUT2D eigenvalue weighted by atomic mass is 19.1. The van der Waals surface area contributed by atoms with Crippen LogP contribution in [-0.4, -0.2) is 43.9 Å². The topological polar surface area (TPSA) is 119 Å². The van der Waals surface area contributed by atoms with Crippen molar-refractivity contribution in [3.63, 3.8) is 0 Å². The van der Waals surface area contributed by atoms with Crippen LogP contribution in [0.15, 0.2) is 66.0 Å². The number of nitrogens with two attached hydrogens (primary N) is 1. The molecule has 3 N–H and O–H groups in total. The van der Waals surface area contributed by atoms with E-state index in [4.69, 9.17) is 15.6 Å². The quantitative estimate of drug-likeness (QED) is 0.442. The molecule has 10 heteroatoms. The number of halogens is 1. The van der Waals surface area contributed by atoms with Crippen LogP contribution in [0, 0.1) is 5.82 Å². The van der Waals surface area contributed by atoms with Crippen LogP contribution in [0.1, 0.15) is 18.0 Å². The number of fused-ring (bicyclic) bond motifs is 1. The van der Waals surface area contributed by atoms with Gasteiger partial charge in [-0.3, -0.25) is 9.59 Å². The van der Waals surface area contributed by atoms with Crippen LogP contribution in [0.2, 0.25) is 0 Å². The Hall–Kier alpha value is -4.47. The fraction of sp³-hybridized carbons (Fsp3) is 0.167. The maximum Gasteiger partial charge on any atom is 0.275 e. The molecule has 0 saturated carbocycles. The molecule has 0 bridgehead atoms. The van der Waals surface area contributed by atoms with Crippen molar-refractivity contribution in [2.45, 2.75) is 12.3 Å². The summed E-state index contributed by atoms with van der Waals surface area (Å²) >= 11 is 0. The minimum atomic E-state index is -0.465. The van der Waals surface area contributed by atoms with Gasteiger partial charge in [-0.1, -0.05) is 18.7 Å². The molecule has 34 heavy (non-hydrogen) atoms. The van der Waals surface area contributed by atoms with E-state index in [1.807, 2.05) is 0 Å². The maximum absolute atomic E-state index is 13.9. The van der Waals surface area contributed by atoms with Crippen molar-refractivity contribution in [1.29, 1.82) is 0 Å². The van der Waals surface area contributed by atoms with Crippen LogP contribution in [0.4, 0.5) is 10.2 Å². The van der Waals surface area contributed by atoms with Gasteiger partial charge in [0.1, 0.15) is 11.3 Å². The number of anilines is 1. The van der Waals surface area contributed by atoms with Crippen LogP contribution >= 0.6 is 0 Å². The number of benzene rings is 2. The Morgan fingerprint density at radius 3 is 2.74 bits per heavy atom. The monoisotopic (exact) mass is 460 g/mol. The zero-order chi connectivity index (χ0) is 23.8. The van der Waals surface area contributed by atoms with Gasteiger partial charge in [0.05, 0.1) is 16.8 Å². The molecular formula is C24H21FN6O3. The van der Waals surface area contributed by atoms with Gasteiger partial charge in [0.2, 0.25) is 5.91 Å². The fourth-order valence-electron chi connectivity index (χ4n) is 4.21. The molecule has 172 valence electrons. The van der Waals surface area contributed by atoms with E-state index in [0.717, 1.165) is 0 Å². The molecule has 1 aliphatic rings. The second kappa shape index (κ2) is 8.47. The maximum atomic E-state index is 13.9. The molecule has 4 aromatic rings. The van der Waals surface area contributed by atoms with Gasteiger partial charge < -0.3 is 15.4 Å². The molecular weight excluding hydrogens is 439 g/mol. The number of hydrogen-bond donors (Lipinski definition) is 2. The largest absolute Gasteiger partial charge is 0.454 e. The summed E-state index contributed by atoms with van der Waals surface area (Å²) in [7, 11) is 0. The van der Waals surface area contributed by atoms with E-state index in [2.05, 4.69) is 16.8 Å². The van der Waals surface area contributed by atoms with Crippen LogP contribution in [-0.2, 0) is 4.79 Å². The Labute approximate surface area is 193 Å². The number of aromatic nitrogens is 4. The molecule has 1 saturated heterocycles. The molecule has 1 aliphatic heterocycles. The van der Waals surface area contributed by atoms with E-state index in [1.165, 1.54) is 18.2 Å². The first-order valence-corrected chi connectivity index (χ1v) is 10.7. The highest BCUT2D eigenvalue weighted by Crippen LogP contribution is 2.33. The zero-order valence-electron chi connectivity index (χ0n) is 18.1. The van der Waals surface area contributed by atoms with Crippen molar-refractivity contribution in [2.24, 2.45) is 0 Å². The third kappa shape index (κ3) is 3.68. The van der Waals surface area contributed by atoms with Crippen molar-refractivity contribution in [3.05, 3.63) is 83.1 Å². The SMILES string of the molecule is C=CC(=O)N1CC[C@H](c2nn(-c3ccc(Oc4ccccc4F)cc3)c3c(N)n[nH]c(=O)c23)C1. The van der Waals surface area contributed by atoms with Gasteiger partial charge in [0.15, 0.2) is 17.4 Å². The number of hydrogen-bond acceptors (Lipinski definition) is 6. The normalized spacial score (nSPS) is 15.6. The predicted octanol–water partition coefficient (Wildman–Crippen LogP) is 3.12. The molecule has 0 unspecified atom stereocenters. The smallest absolute Gasteiger partial charge is 0.275 e. The molecule has 0 spiro atoms. The number of likely N-dealkylation sites (tertiary alicyclic amines) is 1. The number of nitrogens with one attached hydrogen (secondary N) is 1. The van der Waals surface area contributed by atoms with Gasteiger partial charge in [-0.2, -0.15) is 10.2 Å². The van der Waals surface area contributed by atoms with Crippen LogP contribution in [0.3, 0.4) is 0 Å². The molecule has 0 aliphatic carbocycles. The predicted molar refractivity (Wildman–Crippen MR) is 125 cm³/mol. The molecule has 2 aromatic carbocycles. The average Bonchev–Trinajstić information content (AvgIpc) is 3.49. The average molecular weight is 460 g/mol. The highest BCUT2D eigenvalue weighted by Gasteiger charge is 2.31. The summed E-state index contributed by atoms with van der Waals surface area (Å²) in [5.41, 5.74) is 7.29. The number of rotatable bonds is 5. The zero-order valence-corrected chi connectivity index (χ0v) is 18.1. The van der Waals surface area contributed by atoms with Crippen LogP contribution in [0.25, 0.3) is 16.6 Å². The molecule has 1 amide bonds. The van der Waals surface area contributed by atoms with E-state index < -0.39 is 11.4 Å². The van der Waals surface area contributed by atoms with Gasteiger partial charge in [0, 0.05) is 19.0 Å². The summed E-state index contributed by atoms with van der Waals surface area (Å²) in [4.78, 5) is 26.4. The van der Waals surface area contributed by atoms with Crippen molar-refractivity contribution >= 4 is 22.6 Å². The van der Waals surface area contributed by atoms with E-state index >= 15 is 0 Å². The van der Waals surface area contributed by atoms with Gasteiger partial charge in [0.25, 0.3) is 5.56 Å². The van der Waals surface area contributed by atoms with E-state index in [-0.39, 0.29) is 23.4 Å². The van der Waals surface area contributed by atoms with E-state index in [9.17, 15) is 14.0 Å². The number of aromatic amines is 1. The summed E-state index contributed by atoms with van der Waals surface area (Å²) in [5.74, 6) is -0.0956.